The molecule has 4 aromatic carbocycles. The van der Waals surface area contributed by atoms with Gasteiger partial charge in [0, 0.05) is 11.3 Å². The maximum absolute atomic E-state index is 12.8. The molecule has 10 nitrogen and oxygen atoms in total. The van der Waals surface area contributed by atoms with E-state index in [-0.39, 0.29) is 13.2 Å². The lowest BCUT2D eigenvalue weighted by molar-refractivity contribution is -0.139. The van der Waals surface area contributed by atoms with Gasteiger partial charge in [-0.25, -0.2) is 10.2 Å². The molecule has 0 bridgehead atoms. The van der Waals surface area contributed by atoms with Gasteiger partial charge in [-0.15, -0.1) is 0 Å². The molecule has 0 saturated carbocycles. The number of nitrogens with zero attached hydrogens (tertiary/aromatic N) is 1. The third-order valence-electron chi connectivity index (χ3n) is 7.26. The van der Waals surface area contributed by atoms with Crippen LogP contribution in [-0.4, -0.2) is 43.5 Å². The van der Waals surface area contributed by atoms with Crippen molar-refractivity contribution < 1.29 is 28.5 Å². The third kappa shape index (κ3) is 8.08. The maximum atomic E-state index is 12.8. The number of carbonyl (C=O) groups excluding carboxylic acids is 2. The van der Waals surface area contributed by atoms with Crippen LogP contribution in [0.15, 0.2) is 99.7 Å². The van der Waals surface area contributed by atoms with Gasteiger partial charge in [-0.05, 0) is 82.1 Å². The molecule has 0 radical (unpaired) electrons. The molecule has 1 aliphatic heterocycles. The van der Waals surface area contributed by atoms with Crippen LogP contribution in [0.1, 0.15) is 36.6 Å². The number of para-hydroxylation sites is 1. The predicted octanol–water partition coefficient (Wildman–Crippen LogP) is 6.07. The number of esters is 1. The highest BCUT2D eigenvalue weighted by Gasteiger charge is 2.32. The summed E-state index contributed by atoms with van der Waals surface area (Å²) in [4.78, 5) is 25.5. The van der Waals surface area contributed by atoms with E-state index in [2.05, 4.69) is 55.3 Å². The lowest BCUT2D eigenvalue weighted by Gasteiger charge is -2.30. The summed E-state index contributed by atoms with van der Waals surface area (Å²) in [5, 5.41) is 12.8. The maximum Gasteiger partial charge on any atom is 0.338 e. The Morgan fingerprint density at radius 3 is 2.60 bits per heavy atom. The fourth-order valence-corrected chi connectivity index (χ4v) is 5.98. The second-order valence-electron chi connectivity index (χ2n) is 10.4. The van der Waals surface area contributed by atoms with E-state index in [1.54, 1.807) is 45.2 Å². The number of methoxy groups -OCH3 is 1. The minimum Gasteiger partial charge on any atom is -0.493 e. The van der Waals surface area contributed by atoms with E-state index in [4.69, 9.17) is 31.2 Å². The number of hydrogen-bond donors (Lipinski definition) is 3. The van der Waals surface area contributed by atoms with Crippen LogP contribution in [0.2, 0.25) is 0 Å². The van der Waals surface area contributed by atoms with Crippen LogP contribution in [0.25, 0.3) is 10.8 Å². The summed E-state index contributed by atoms with van der Waals surface area (Å²) in [5.74, 6) is 0.491. The second kappa shape index (κ2) is 15.6. The molecule has 0 fully saturated rings. The Bertz CT molecular complexity index is 1870. The average Bonchev–Trinajstić information content (AvgIpc) is 3.06. The van der Waals surface area contributed by atoms with Crippen LogP contribution in [0.4, 0.5) is 0 Å². The normalized spacial score (nSPS) is 14.4. The van der Waals surface area contributed by atoms with E-state index in [1.165, 1.54) is 6.21 Å². The van der Waals surface area contributed by atoms with E-state index < -0.39 is 17.9 Å². The zero-order valence-electron chi connectivity index (χ0n) is 26.0. The van der Waals surface area contributed by atoms with E-state index >= 15 is 0 Å². The Balaban J connectivity index is 1.22. The summed E-state index contributed by atoms with van der Waals surface area (Å²) in [6.45, 7) is 3.74. The quantitative estimate of drug-likeness (QED) is 0.0694. The van der Waals surface area contributed by atoms with Gasteiger partial charge in [0.15, 0.2) is 23.2 Å². The number of carbonyl (C=O) groups is 2. The predicted molar refractivity (Wildman–Crippen MR) is 188 cm³/mol. The van der Waals surface area contributed by atoms with E-state index in [0.717, 1.165) is 16.3 Å². The number of halogens is 1. The van der Waals surface area contributed by atoms with Crippen molar-refractivity contribution in [1.29, 1.82) is 0 Å². The van der Waals surface area contributed by atoms with Crippen LogP contribution in [0.3, 0.4) is 0 Å². The van der Waals surface area contributed by atoms with Gasteiger partial charge in [0.2, 0.25) is 0 Å². The summed E-state index contributed by atoms with van der Waals surface area (Å²) < 4.78 is 23.6. The molecule has 0 aliphatic carbocycles. The topological polar surface area (TPSA) is 120 Å². The van der Waals surface area contributed by atoms with Gasteiger partial charge in [0.25, 0.3) is 5.91 Å². The Labute approximate surface area is 286 Å². The smallest absolute Gasteiger partial charge is 0.338 e. The molecular formula is C35H33BrN4O6S. The fraction of sp³-hybridized carbons (Fsp3) is 0.200. The minimum absolute atomic E-state index is 0.221. The molecule has 1 amide bonds. The van der Waals surface area contributed by atoms with Gasteiger partial charge >= 0.3 is 5.97 Å². The van der Waals surface area contributed by atoms with Crippen molar-refractivity contribution in [2.24, 2.45) is 5.10 Å². The zero-order chi connectivity index (χ0) is 33.3. The van der Waals surface area contributed by atoms with Crippen molar-refractivity contribution in [1.82, 2.24) is 16.1 Å². The molecule has 4 aromatic rings. The molecule has 5 rings (SSSR count). The first-order valence-corrected chi connectivity index (χ1v) is 15.9. The first-order chi connectivity index (χ1) is 22.8. The summed E-state index contributed by atoms with van der Waals surface area (Å²) >= 11 is 8.91. The van der Waals surface area contributed by atoms with E-state index in [0.29, 0.717) is 55.8 Å². The van der Waals surface area contributed by atoms with Gasteiger partial charge in [-0.2, -0.15) is 5.10 Å². The Morgan fingerprint density at radius 2 is 1.79 bits per heavy atom. The van der Waals surface area contributed by atoms with Crippen molar-refractivity contribution >= 4 is 62.1 Å². The van der Waals surface area contributed by atoms with E-state index in [1.807, 2.05) is 36.4 Å². The van der Waals surface area contributed by atoms with Crippen LogP contribution >= 0.6 is 28.1 Å². The van der Waals surface area contributed by atoms with Gasteiger partial charge in [0.05, 0.1) is 36.0 Å². The Morgan fingerprint density at radius 1 is 1.02 bits per heavy atom. The van der Waals surface area contributed by atoms with Crippen molar-refractivity contribution in [3.8, 4) is 17.2 Å². The molecule has 1 heterocycles. The Hall–Kier alpha value is -4.94. The van der Waals surface area contributed by atoms with Crippen molar-refractivity contribution in [2.75, 3.05) is 20.3 Å². The number of rotatable bonds is 12. The molecule has 242 valence electrons. The van der Waals surface area contributed by atoms with Gasteiger partial charge in [0.1, 0.15) is 12.4 Å². The number of hydrogen-bond acceptors (Lipinski definition) is 8. The van der Waals surface area contributed by atoms with Crippen LogP contribution in [0, 0.1) is 0 Å². The summed E-state index contributed by atoms with van der Waals surface area (Å²) in [6.07, 6.45) is 1.49. The van der Waals surface area contributed by atoms with Gasteiger partial charge in [-0.1, -0.05) is 60.7 Å². The van der Waals surface area contributed by atoms with Crippen molar-refractivity contribution in [2.45, 2.75) is 26.5 Å². The molecular weight excluding hydrogens is 684 g/mol. The lowest BCUT2D eigenvalue weighted by Crippen LogP contribution is -2.45. The van der Waals surface area contributed by atoms with Crippen LogP contribution in [0.5, 0.6) is 17.2 Å². The third-order valence-corrected chi connectivity index (χ3v) is 8.07. The summed E-state index contributed by atoms with van der Waals surface area (Å²) in [7, 11) is 1.56. The summed E-state index contributed by atoms with van der Waals surface area (Å²) in [6, 6.07) is 24.3. The molecule has 3 N–H and O–H groups in total. The first-order valence-electron chi connectivity index (χ1n) is 14.7. The van der Waals surface area contributed by atoms with E-state index in [9.17, 15) is 9.59 Å². The zero-order valence-corrected chi connectivity index (χ0v) is 28.4. The molecule has 0 aromatic heterocycles. The average molecular weight is 718 g/mol. The molecule has 47 heavy (non-hydrogen) atoms. The standard InChI is InChI=1S/C35H33BrN4O6S/c1-4-44-34(42)31-21(2)38-35(47)39-32(31)26-14-7-8-15-28(26)45-20-30(41)40-37-18-22-16-27(36)33(29(17-22)43-3)46-19-24-12-9-11-23-10-5-6-13-25(23)24/h5-18,32H,4,19-20H2,1-3H3,(H,40,41)(H2,38,39,47)/t32-/m0/s1. The van der Waals surface area contributed by atoms with Crippen LogP contribution < -0.4 is 30.3 Å². The molecule has 12 heteroatoms. The number of fused-ring (bicyclic) bond motifs is 1. The molecule has 0 saturated heterocycles. The fourth-order valence-electron chi connectivity index (χ4n) is 5.13. The number of allylic oxidation sites excluding steroid dienone is 1. The monoisotopic (exact) mass is 716 g/mol. The van der Waals surface area contributed by atoms with Gasteiger partial charge < -0.3 is 29.6 Å². The Kier molecular flexibility index (Phi) is 11.1. The highest BCUT2D eigenvalue weighted by atomic mass is 79.9. The molecule has 0 unspecified atom stereocenters. The first kappa shape index (κ1) is 33.4. The van der Waals surface area contributed by atoms with Crippen molar-refractivity contribution in [3.05, 3.63) is 111 Å². The highest BCUT2D eigenvalue weighted by Crippen LogP contribution is 2.37. The number of thiocarbonyl (C=S) groups is 1. The number of amides is 1. The number of nitrogens with one attached hydrogen (secondary N) is 3. The van der Waals surface area contributed by atoms with Crippen molar-refractivity contribution in [3.63, 3.8) is 0 Å². The highest BCUT2D eigenvalue weighted by molar-refractivity contribution is 9.10. The molecule has 0 spiro atoms. The number of ether oxygens (including phenoxy) is 4. The molecule has 1 aliphatic rings. The summed E-state index contributed by atoms with van der Waals surface area (Å²) in [5.41, 5.74) is 5.77. The molecule has 1 atom stereocenters. The number of benzene rings is 4. The lowest BCUT2D eigenvalue weighted by atomic mass is 9.95. The SMILES string of the molecule is CCOC(=O)C1=C(C)NC(=S)N[C@H]1c1ccccc1OCC(=O)NN=Cc1cc(Br)c(OCc2cccc3ccccc23)c(OC)c1. The largest absolute Gasteiger partial charge is 0.493 e. The second-order valence-corrected chi connectivity index (χ2v) is 11.6. The number of hydrazone groups is 1. The van der Waals surface area contributed by atoms with Crippen LogP contribution in [-0.2, 0) is 20.9 Å². The minimum atomic E-state index is -0.632. The van der Waals surface area contributed by atoms with Gasteiger partial charge in [-0.3, -0.25) is 4.79 Å².